The highest BCUT2D eigenvalue weighted by Crippen LogP contribution is 2.62. The van der Waals surface area contributed by atoms with E-state index in [4.69, 9.17) is 5.73 Å². The lowest BCUT2D eigenvalue weighted by Crippen LogP contribution is -2.51. The highest BCUT2D eigenvalue weighted by molar-refractivity contribution is 14.1. The van der Waals surface area contributed by atoms with Crippen LogP contribution in [-0.4, -0.2) is 11.7 Å². The number of aliphatic hydroxyl groups is 1. The second kappa shape index (κ2) is 4.71. The molecule has 2 aliphatic carbocycles. The van der Waals surface area contributed by atoms with Gasteiger partial charge in [-0.1, -0.05) is 18.6 Å². The fourth-order valence-electron chi connectivity index (χ4n) is 4.55. The normalized spacial score (nSPS) is 36.4. The standard InChI is InChI=1S/C16H22INO/c1-15(19,12-4-6-14(17)7-5-12)16(10-18)9-11-2-3-13(16)8-11/h4-7,11,13,19H,2-3,8-10,18H2,1H3. The van der Waals surface area contributed by atoms with Gasteiger partial charge in [-0.05, 0) is 78.3 Å². The van der Waals surface area contributed by atoms with Gasteiger partial charge in [0, 0.05) is 15.5 Å². The van der Waals surface area contributed by atoms with E-state index in [0.717, 1.165) is 17.9 Å². The summed E-state index contributed by atoms with van der Waals surface area (Å²) in [7, 11) is 0. The molecule has 3 N–H and O–H groups in total. The van der Waals surface area contributed by atoms with Crippen LogP contribution < -0.4 is 5.73 Å². The zero-order valence-electron chi connectivity index (χ0n) is 11.4. The SMILES string of the molecule is CC(O)(c1ccc(I)cc1)C1(CN)CC2CCC1C2. The largest absolute Gasteiger partial charge is 0.385 e. The molecule has 2 nitrogen and oxygen atoms in total. The maximum Gasteiger partial charge on any atom is 0.0939 e. The summed E-state index contributed by atoms with van der Waals surface area (Å²) in [5, 5.41) is 11.3. The molecule has 1 aromatic carbocycles. The summed E-state index contributed by atoms with van der Waals surface area (Å²) >= 11 is 2.30. The Balaban J connectivity index is 2.00. The van der Waals surface area contributed by atoms with Crippen molar-refractivity contribution in [3.8, 4) is 0 Å². The highest BCUT2D eigenvalue weighted by atomic mass is 127. The van der Waals surface area contributed by atoms with Crippen LogP contribution in [0.4, 0.5) is 0 Å². The first-order valence-corrected chi connectivity index (χ1v) is 8.26. The van der Waals surface area contributed by atoms with E-state index in [9.17, 15) is 5.11 Å². The van der Waals surface area contributed by atoms with Crippen LogP contribution in [0.2, 0.25) is 0 Å². The Kier molecular flexibility index (Phi) is 3.43. The van der Waals surface area contributed by atoms with Crippen molar-refractivity contribution in [2.24, 2.45) is 23.0 Å². The minimum absolute atomic E-state index is 0.122. The molecule has 4 atom stereocenters. The number of hydrogen-bond acceptors (Lipinski definition) is 2. The summed E-state index contributed by atoms with van der Waals surface area (Å²) in [6.07, 6.45) is 4.92. The van der Waals surface area contributed by atoms with Gasteiger partial charge in [0.05, 0.1) is 5.60 Å². The van der Waals surface area contributed by atoms with Crippen LogP contribution in [-0.2, 0) is 5.60 Å². The minimum Gasteiger partial charge on any atom is -0.385 e. The molecule has 3 heteroatoms. The van der Waals surface area contributed by atoms with Crippen molar-refractivity contribution < 1.29 is 5.11 Å². The maximum atomic E-state index is 11.3. The lowest BCUT2D eigenvalue weighted by atomic mass is 9.60. The molecule has 0 spiro atoms. The third-order valence-corrected chi connectivity index (χ3v) is 6.43. The number of nitrogens with two attached hydrogens (primary N) is 1. The van der Waals surface area contributed by atoms with Crippen LogP contribution in [0.25, 0.3) is 0 Å². The van der Waals surface area contributed by atoms with E-state index in [1.165, 1.54) is 22.8 Å². The van der Waals surface area contributed by atoms with E-state index in [1.54, 1.807) is 0 Å². The molecule has 0 amide bonds. The van der Waals surface area contributed by atoms with Gasteiger partial charge in [0.25, 0.3) is 0 Å². The zero-order valence-corrected chi connectivity index (χ0v) is 13.6. The Labute approximate surface area is 128 Å². The maximum absolute atomic E-state index is 11.3. The fraction of sp³-hybridized carbons (Fsp3) is 0.625. The quantitative estimate of drug-likeness (QED) is 0.802. The summed E-state index contributed by atoms with van der Waals surface area (Å²) < 4.78 is 1.20. The van der Waals surface area contributed by atoms with Crippen LogP contribution in [0, 0.1) is 20.8 Å². The third kappa shape index (κ3) is 1.96. The molecule has 4 unspecified atom stereocenters. The summed E-state index contributed by atoms with van der Waals surface area (Å²) in [6, 6.07) is 8.26. The summed E-state index contributed by atoms with van der Waals surface area (Å²) in [5.74, 6) is 1.38. The predicted octanol–water partition coefficient (Wildman–Crippen LogP) is 3.26. The molecule has 19 heavy (non-hydrogen) atoms. The Hall–Kier alpha value is -0.130. The third-order valence-electron chi connectivity index (χ3n) is 5.72. The van der Waals surface area contributed by atoms with E-state index in [0.29, 0.717) is 12.5 Å². The second-order valence-electron chi connectivity index (χ2n) is 6.52. The van der Waals surface area contributed by atoms with Crippen LogP contribution in [0.5, 0.6) is 0 Å². The first kappa shape index (κ1) is 13.8. The van der Waals surface area contributed by atoms with Crippen molar-refractivity contribution in [3.05, 3.63) is 33.4 Å². The molecule has 1 aromatic rings. The number of fused-ring (bicyclic) bond motifs is 2. The zero-order chi connectivity index (χ0) is 13.7. The van der Waals surface area contributed by atoms with E-state index in [2.05, 4.69) is 46.9 Å². The molecule has 2 saturated carbocycles. The molecule has 0 heterocycles. The first-order chi connectivity index (χ1) is 8.99. The molecule has 2 bridgehead atoms. The van der Waals surface area contributed by atoms with E-state index < -0.39 is 5.60 Å². The Bertz CT molecular complexity index is 470. The molecular weight excluding hydrogens is 349 g/mol. The van der Waals surface area contributed by atoms with Gasteiger partial charge in [-0.25, -0.2) is 0 Å². The van der Waals surface area contributed by atoms with E-state index in [-0.39, 0.29) is 5.41 Å². The van der Waals surface area contributed by atoms with Crippen molar-refractivity contribution in [3.63, 3.8) is 0 Å². The monoisotopic (exact) mass is 371 g/mol. The minimum atomic E-state index is -0.814. The molecule has 0 aromatic heterocycles. The number of hydrogen-bond donors (Lipinski definition) is 2. The lowest BCUT2D eigenvalue weighted by molar-refractivity contribution is -0.103. The van der Waals surface area contributed by atoms with Gasteiger partial charge in [0.2, 0.25) is 0 Å². The summed E-state index contributed by atoms with van der Waals surface area (Å²) in [5.41, 5.74) is 6.23. The van der Waals surface area contributed by atoms with Gasteiger partial charge < -0.3 is 10.8 Å². The first-order valence-electron chi connectivity index (χ1n) is 7.18. The Morgan fingerprint density at radius 1 is 1.37 bits per heavy atom. The van der Waals surface area contributed by atoms with Crippen LogP contribution in [0.15, 0.2) is 24.3 Å². The van der Waals surface area contributed by atoms with Crippen molar-refractivity contribution in [2.75, 3.05) is 6.54 Å². The average molecular weight is 371 g/mol. The number of halogens is 1. The fourth-order valence-corrected chi connectivity index (χ4v) is 4.91. The Morgan fingerprint density at radius 3 is 2.53 bits per heavy atom. The second-order valence-corrected chi connectivity index (χ2v) is 7.77. The van der Waals surface area contributed by atoms with Crippen LogP contribution in [0.3, 0.4) is 0 Å². The topological polar surface area (TPSA) is 46.2 Å². The molecule has 3 rings (SSSR count). The Morgan fingerprint density at radius 2 is 2.05 bits per heavy atom. The summed E-state index contributed by atoms with van der Waals surface area (Å²) in [4.78, 5) is 0. The van der Waals surface area contributed by atoms with Crippen LogP contribution >= 0.6 is 22.6 Å². The number of benzene rings is 1. The highest BCUT2D eigenvalue weighted by Gasteiger charge is 2.59. The lowest BCUT2D eigenvalue weighted by Gasteiger charge is -2.48. The molecule has 0 aliphatic heterocycles. The molecule has 0 saturated heterocycles. The smallest absolute Gasteiger partial charge is 0.0939 e. The molecule has 2 aliphatic rings. The van der Waals surface area contributed by atoms with Gasteiger partial charge >= 0.3 is 0 Å². The van der Waals surface area contributed by atoms with Gasteiger partial charge in [-0.3, -0.25) is 0 Å². The van der Waals surface area contributed by atoms with Gasteiger partial charge in [0.1, 0.15) is 0 Å². The molecule has 0 radical (unpaired) electrons. The van der Waals surface area contributed by atoms with Gasteiger partial charge in [-0.2, -0.15) is 0 Å². The molecule has 2 fully saturated rings. The number of rotatable bonds is 3. The molecular formula is C16H22INO. The van der Waals surface area contributed by atoms with Gasteiger partial charge in [-0.15, -0.1) is 0 Å². The van der Waals surface area contributed by atoms with Crippen LogP contribution in [0.1, 0.15) is 38.2 Å². The van der Waals surface area contributed by atoms with E-state index in [1.807, 2.05) is 6.92 Å². The van der Waals surface area contributed by atoms with Gasteiger partial charge in [0.15, 0.2) is 0 Å². The van der Waals surface area contributed by atoms with Crippen molar-refractivity contribution in [1.29, 1.82) is 0 Å². The van der Waals surface area contributed by atoms with Crippen molar-refractivity contribution >= 4 is 22.6 Å². The molecule has 104 valence electrons. The van der Waals surface area contributed by atoms with E-state index >= 15 is 0 Å². The van der Waals surface area contributed by atoms with Crippen molar-refractivity contribution in [1.82, 2.24) is 0 Å². The average Bonchev–Trinajstić information content (AvgIpc) is 3.00. The summed E-state index contributed by atoms with van der Waals surface area (Å²) in [6.45, 7) is 2.57. The predicted molar refractivity (Wildman–Crippen MR) is 85.7 cm³/mol. The van der Waals surface area contributed by atoms with Crippen molar-refractivity contribution in [2.45, 2.75) is 38.2 Å².